The fraction of sp³-hybridized carbons (Fsp3) is 0.480. The predicted octanol–water partition coefficient (Wildman–Crippen LogP) is 3.98. The molecular formula is C25H32O6. The van der Waals surface area contributed by atoms with Gasteiger partial charge in [0.05, 0.1) is 0 Å². The van der Waals surface area contributed by atoms with E-state index in [0.29, 0.717) is 24.5 Å². The SMILES string of the molecule is CC(C)(C)c1ccc(OC[C@@H](O)COc2cccc(CC3(C(=O)O)CCCO3)c2)cc1. The average Bonchev–Trinajstić information content (AvgIpc) is 3.20. The normalized spacial score (nSPS) is 19.7. The lowest BCUT2D eigenvalue weighted by Gasteiger charge is -2.23. The van der Waals surface area contributed by atoms with Crippen molar-refractivity contribution in [2.24, 2.45) is 0 Å². The second-order valence-electron chi connectivity index (χ2n) is 9.13. The molecule has 2 N–H and O–H groups in total. The molecule has 1 aliphatic rings. The van der Waals surface area contributed by atoms with Crippen molar-refractivity contribution in [1.82, 2.24) is 0 Å². The maximum Gasteiger partial charge on any atom is 0.336 e. The van der Waals surface area contributed by atoms with Gasteiger partial charge in [-0.25, -0.2) is 4.79 Å². The number of hydrogen-bond donors (Lipinski definition) is 2. The number of benzene rings is 2. The van der Waals surface area contributed by atoms with E-state index in [0.717, 1.165) is 12.0 Å². The Morgan fingerprint density at radius 1 is 1.10 bits per heavy atom. The van der Waals surface area contributed by atoms with E-state index in [1.165, 1.54) is 5.56 Å². The van der Waals surface area contributed by atoms with Crippen LogP contribution in [-0.2, 0) is 21.4 Å². The molecule has 0 aromatic heterocycles. The molecule has 1 aliphatic heterocycles. The highest BCUT2D eigenvalue weighted by molar-refractivity contribution is 5.78. The van der Waals surface area contributed by atoms with E-state index in [-0.39, 0.29) is 25.0 Å². The molecule has 1 heterocycles. The third kappa shape index (κ3) is 6.21. The summed E-state index contributed by atoms with van der Waals surface area (Å²) in [6.45, 7) is 7.12. The van der Waals surface area contributed by atoms with Crippen molar-refractivity contribution in [3.63, 3.8) is 0 Å². The van der Waals surface area contributed by atoms with Crippen LogP contribution in [0, 0.1) is 0 Å². The summed E-state index contributed by atoms with van der Waals surface area (Å²) in [5.74, 6) is 0.341. The molecule has 0 spiro atoms. The van der Waals surface area contributed by atoms with Crippen molar-refractivity contribution in [1.29, 1.82) is 0 Å². The lowest BCUT2D eigenvalue weighted by atomic mass is 9.87. The van der Waals surface area contributed by atoms with Crippen LogP contribution in [0.3, 0.4) is 0 Å². The Hall–Kier alpha value is -2.57. The number of aliphatic hydroxyl groups excluding tert-OH is 1. The number of carbonyl (C=O) groups is 1. The molecular weight excluding hydrogens is 396 g/mol. The monoisotopic (exact) mass is 428 g/mol. The zero-order valence-corrected chi connectivity index (χ0v) is 18.5. The van der Waals surface area contributed by atoms with E-state index < -0.39 is 17.7 Å². The van der Waals surface area contributed by atoms with Crippen LogP contribution in [0.1, 0.15) is 44.7 Å². The van der Waals surface area contributed by atoms with Crippen molar-refractivity contribution in [2.45, 2.75) is 57.2 Å². The average molecular weight is 429 g/mol. The van der Waals surface area contributed by atoms with E-state index in [1.807, 2.05) is 36.4 Å². The van der Waals surface area contributed by atoms with Gasteiger partial charge in [0.2, 0.25) is 0 Å². The Morgan fingerprint density at radius 3 is 2.35 bits per heavy atom. The Bertz CT molecular complexity index is 862. The van der Waals surface area contributed by atoms with Crippen LogP contribution in [-0.4, -0.2) is 47.7 Å². The summed E-state index contributed by atoms with van der Waals surface area (Å²) >= 11 is 0. The van der Waals surface area contributed by atoms with E-state index >= 15 is 0 Å². The summed E-state index contributed by atoms with van der Waals surface area (Å²) in [7, 11) is 0. The first-order chi connectivity index (χ1) is 14.7. The lowest BCUT2D eigenvalue weighted by Crippen LogP contribution is -2.40. The van der Waals surface area contributed by atoms with Gasteiger partial charge in [-0.05, 0) is 53.6 Å². The van der Waals surface area contributed by atoms with Gasteiger partial charge in [-0.1, -0.05) is 45.0 Å². The van der Waals surface area contributed by atoms with E-state index in [4.69, 9.17) is 14.2 Å². The minimum absolute atomic E-state index is 0.0735. The summed E-state index contributed by atoms with van der Waals surface area (Å²) < 4.78 is 16.9. The van der Waals surface area contributed by atoms with Gasteiger partial charge < -0.3 is 24.4 Å². The van der Waals surface area contributed by atoms with Gasteiger partial charge in [0, 0.05) is 13.0 Å². The molecule has 2 aromatic rings. The number of ether oxygens (including phenoxy) is 3. The number of carboxylic acids is 1. The van der Waals surface area contributed by atoms with Crippen molar-refractivity contribution in [2.75, 3.05) is 19.8 Å². The quantitative estimate of drug-likeness (QED) is 0.628. The second kappa shape index (κ2) is 9.71. The maximum absolute atomic E-state index is 11.7. The van der Waals surface area contributed by atoms with Crippen LogP contribution < -0.4 is 9.47 Å². The first-order valence-electron chi connectivity index (χ1n) is 10.7. The Labute approximate surface area is 183 Å². The van der Waals surface area contributed by atoms with E-state index in [1.54, 1.807) is 12.1 Å². The van der Waals surface area contributed by atoms with Crippen LogP contribution >= 0.6 is 0 Å². The minimum Gasteiger partial charge on any atom is -0.491 e. The molecule has 0 bridgehead atoms. The second-order valence-corrected chi connectivity index (χ2v) is 9.13. The summed E-state index contributed by atoms with van der Waals surface area (Å²) in [5.41, 5.74) is 0.964. The first-order valence-corrected chi connectivity index (χ1v) is 10.7. The third-order valence-electron chi connectivity index (χ3n) is 5.49. The summed E-state index contributed by atoms with van der Waals surface area (Å²) in [5, 5.41) is 19.8. The molecule has 0 radical (unpaired) electrons. The minimum atomic E-state index is -1.16. The van der Waals surface area contributed by atoms with Gasteiger partial charge in [-0.2, -0.15) is 0 Å². The molecule has 1 fully saturated rings. The molecule has 1 unspecified atom stereocenters. The number of carboxylic acid groups (broad SMARTS) is 1. The smallest absolute Gasteiger partial charge is 0.336 e. The zero-order valence-electron chi connectivity index (χ0n) is 18.5. The van der Waals surface area contributed by atoms with Crippen LogP contribution in [0.25, 0.3) is 0 Å². The highest BCUT2D eigenvalue weighted by Gasteiger charge is 2.42. The Kier molecular flexibility index (Phi) is 7.23. The molecule has 6 nitrogen and oxygen atoms in total. The molecule has 6 heteroatoms. The fourth-order valence-corrected chi connectivity index (χ4v) is 3.64. The topological polar surface area (TPSA) is 85.2 Å². The van der Waals surface area contributed by atoms with E-state index in [9.17, 15) is 15.0 Å². The Balaban J connectivity index is 1.49. The zero-order chi connectivity index (χ0) is 22.5. The van der Waals surface area contributed by atoms with Crippen molar-refractivity contribution >= 4 is 5.97 Å². The maximum atomic E-state index is 11.7. The first kappa shape index (κ1) is 23.1. The fourth-order valence-electron chi connectivity index (χ4n) is 3.64. The highest BCUT2D eigenvalue weighted by atomic mass is 16.5. The van der Waals surface area contributed by atoms with Gasteiger partial charge >= 0.3 is 5.97 Å². The van der Waals surface area contributed by atoms with Crippen molar-refractivity contribution in [3.05, 3.63) is 59.7 Å². The third-order valence-corrected chi connectivity index (χ3v) is 5.49. The van der Waals surface area contributed by atoms with E-state index in [2.05, 4.69) is 20.8 Å². The highest BCUT2D eigenvalue weighted by Crippen LogP contribution is 2.31. The number of rotatable bonds is 9. The van der Waals surface area contributed by atoms with Crippen LogP contribution in [0.2, 0.25) is 0 Å². The molecule has 31 heavy (non-hydrogen) atoms. The van der Waals surface area contributed by atoms with Crippen LogP contribution in [0.5, 0.6) is 11.5 Å². The van der Waals surface area contributed by atoms with Gasteiger partial charge in [0.1, 0.15) is 30.8 Å². The molecule has 1 saturated heterocycles. The van der Waals surface area contributed by atoms with Crippen molar-refractivity contribution < 1.29 is 29.2 Å². The van der Waals surface area contributed by atoms with Crippen molar-refractivity contribution in [3.8, 4) is 11.5 Å². The molecule has 2 atom stereocenters. The molecule has 3 rings (SSSR count). The van der Waals surface area contributed by atoms with Gasteiger partial charge in [-0.3, -0.25) is 0 Å². The standard InChI is InChI=1S/C25H32O6/c1-24(2,3)19-8-10-21(11-9-19)29-16-20(26)17-30-22-7-4-6-18(14-22)15-25(23(27)28)12-5-13-31-25/h4,6-11,14,20,26H,5,12-13,15-17H2,1-3H3,(H,27,28)/t20-,25?/m1/s1. The van der Waals surface area contributed by atoms with Gasteiger partial charge in [-0.15, -0.1) is 0 Å². The molecule has 168 valence electrons. The molecule has 2 aromatic carbocycles. The molecule has 0 saturated carbocycles. The number of aliphatic hydroxyl groups is 1. The molecule has 0 amide bonds. The summed E-state index contributed by atoms with van der Waals surface area (Å²) in [6.07, 6.45) is 0.735. The Morgan fingerprint density at radius 2 is 1.77 bits per heavy atom. The number of hydrogen-bond acceptors (Lipinski definition) is 5. The van der Waals surface area contributed by atoms with Crippen LogP contribution in [0.15, 0.2) is 48.5 Å². The largest absolute Gasteiger partial charge is 0.491 e. The summed E-state index contributed by atoms with van der Waals surface area (Å²) in [4.78, 5) is 11.7. The lowest BCUT2D eigenvalue weighted by molar-refractivity contribution is -0.159. The summed E-state index contributed by atoms with van der Waals surface area (Å²) in [6, 6.07) is 15.1. The van der Waals surface area contributed by atoms with Gasteiger partial charge in [0.25, 0.3) is 0 Å². The van der Waals surface area contributed by atoms with Gasteiger partial charge in [0.15, 0.2) is 5.60 Å². The van der Waals surface area contributed by atoms with Crippen LogP contribution in [0.4, 0.5) is 0 Å². The number of aliphatic carboxylic acids is 1. The predicted molar refractivity (Wildman–Crippen MR) is 118 cm³/mol. The molecule has 0 aliphatic carbocycles.